The summed E-state index contributed by atoms with van der Waals surface area (Å²) in [7, 11) is 0. The summed E-state index contributed by atoms with van der Waals surface area (Å²) in [4.78, 5) is 0. The van der Waals surface area contributed by atoms with E-state index in [4.69, 9.17) is 14.9 Å². The molecule has 0 bridgehead atoms. The lowest BCUT2D eigenvalue weighted by Crippen LogP contribution is -2.21. The van der Waals surface area contributed by atoms with E-state index in [0.29, 0.717) is 5.56 Å². The summed E-state index contributed by atoms with van der Waals surface area (Å²) < 4.78 is 18.3. The fourth-order valence-corrected chi connectivity index (χ4v) is 1.13. The second kappa shape index (κ2) is 5.79. The van der Waals surface area contributed by atoms with E-state index in [1.807, 2.05) is 0 Å². The molecule has 1 unspecified atom stereocenters. The average molecular weight is 230 g/mol. The van der Waals surface area contributed by atoms with Crippen molar-refractivity contribution in [3.05, 3.63) is 29.6 Å². The first kappa shape index (κ1) is 12.9. The maximum Gasteiger partial charge on any atom is 0.165 e. The molecule has 5 heteroatoms. The van der Waals surface area contributed by atoms with Gasteiger partial charge in [-0.15, -0.1) is 0 Å². The predicted octanol–water partition coefficient (Wildman–Crippen LogP) is 0.611. The first-order chi connectivity index (χ1) is 7.54. The molecule has 90 valence electrons. The number of aliphatic hydroxyl groups is 3. The van der Waals surface area contributed by atoms with Crippen molar-refractivity contribution in [2.75, 3.05) is 13.2 Å². The molecule has 1 rings (SSSR count). The van der Waals surface area contributed by atoms with E-state index < -0.39 is 24.6 Å². The first-order valence-corrected chi connectivity index (χ1v) is 4.93. The third-order valence-corrected chi connectivity index (χ3v) is 2.08. The van der Waals surface area contributed by atoms with Crippen molar-refractivity contribution < 1.29 is 24.4 Å². The maximum atomic E-state index is 13.4. The Morgan fingerprint density at radius 1 is 1.38 bits per heavy atom. The van der Waals surface area contributed by atoms with Crippen molar-refractivity contribution in [2.45, 2.75) is 19.1 Å². The number of rotatable bonds is 5. The van der Waals surface area contributed by atoms with Crippen LogP contribution in [0.25, 0.3) is 0 Å². The van der Waals surface area contributed by atoms with E-state index in [1.54, 1.807) is 0 Å². The highest BCUT2D eigenvalue weighted by Gasteiger charge is 2.09. The van der Waals surface area contributed by atoms with Crippen LogP contribution in [0.1, 0.15) is 18.6 Å². The molecular weight excluding hydrogens is 215 g/mol. The SMILES string of the molecule is C[C@@H](O)c1ccc(OCC(O)CO)c(F)c1. The van der Waals surface area contributed by atoms with Crippen LogP contribution in [0.5, 0.6) is 5.75 Å². The van der Waals surface area contributed by atoms with Gasteiger partial charge >= 0.3 is 0 Å². The van der Waals surface area contributed by atoms with Gasteiger partial charge in [-0.1, -0.05) is 6.07 Å². The fourth-order valence-electron chi connectivity index (χ4n) is 1.13. The summed E-state index contributed by atoms with van der Waals surface area (Å²) in [6, 6.07) is 4.08. The lowest BCUT2D eigenvalue weighted by molar-refractivity contribution is 0.0523. The van der Waals surface area contributed by atoms with E-state index in [2.05, 4.69) is 0 Å². The van der Waals surface area contributed by atoms with Gasteiger partial charge in [0.05, 0.1) is 12.7 Å². The normalized spacial score (nSPS) is 14.6. The van der Waals surface area contributed by atoms with Crippen LogP contribution >= 0.6 is 0 Å². The zero-order chi connectivity index (χ0) is 12.1. The van der Waals surface area contributed by atoms with Crippen LogP contribution in [-0.2, 0) is 0 Å². The molecule has 0 saturated heterocycles. The second-order valence-electron chi connectivity index (χ2n) is 3.51. The molecule has 3 N–H and O–H groups in total. The molecule has 0 aliphatic rings. The minimum absolute atomic E-state index is 0.0168. The average Bonchev–Trinajstić information content (AvgIpc) is 2.26. The van der Waals surface area contributed by atoms with Crippen LogP contribution < -0.4 is 4.74 Å². The molecule has 16 heavy (non-hydrogen) atoms. The van der Waals surface area contributed by atoms with Gasteiger partial charge in [0.25, 0.3) is 0 Å². The zero-order valence-electron chi connectivity index (χ0n) is 8.93. The van der Waals surface area contributed by atoms with Gasteiger partial charge in [-0.2, -0.15) is 0 Å². The van der Waals surface area contributed by atoms with Gasteiger partial charge in [0, 0.05) is 0 Å². The van der Waals surface area contributed by atoms with Crippen molar-refractivity contribution in [3.63, 3.8) is 0 Å². The summed E-state index contributed by atoms with van der Waals surface area (Å²) in [5.74, 6) is -0.625. The number of hydrogen-bond acceptors (Lipinski definition) is 4. The van der Waals surface area contributed by atoms with Gasteiger partial charge in [0.15, 0.2) is 11.6 Å². The molecule has 2 atom stereocenters. The minimum Gasteiger partial charge on any atom is -0.488 e. The zero-order valence-corrected chi connectivity index (χ0v) is 8.93. The van der Waals surface area contributed by atoms with Crippen LogP contribution in [-0.4, -0.2) is 34.6 Å². The van der Waals surface area contributed by atoms with Crippen LogP contribution in [0, 0.1) is 5.82 Å². The Kier molecular flexibility index (Phi) is 4.67. The minimum atomic E-state index is -1.03. The fraction of sp³-hybridized carbons (Fsp3) is 0.455. The number of hydrogen-bond donors (Lipinski definition) is 3. The Balaban J connectivity index is 2.68. The molecule has 0 aliphatic heterocycles. The van der Waals surface area contributed by atoms with Crippen LogP contribution in [0.4, 0.5) is 4.39 Å². The molecule has 0 radical (unpaired) electrons. The molecule has 4 nitrogen and oxygen atoms in total. The first-order valence-electron chi connectivity index (χ1n) is 4.93. The topological polar surface area (TPSA) is 69.9 Å². The highest BCUT2D eigenvalue weighted by atomic mass is 19.1. The third-order valence-electron chi connectivity index (χ3n) is 2.08. The second-order valence-corrected chi connectivity index (χ2v) is 3.51. The highest BCUT2D eigenvalue weighted by Crippen LogP contribution is 2.21. The van der Waals surface area contributed by atoms with Gasteiger partial charge < -0.3 is 20.1 Å². The molecule has 1 aromatic rings. The number of benzene rings is 1. The van der Waals surface area contributed by atoms with Gasteiger partial charge in [0.2, 0.25) is 0 Å². The highest BCUT2D eigenvalue weighted by molar-refractivity contribution is 5.30. The molecule has 0 heterocycles. The Morgan fingerprint density at radius 2 is 2.06 bits per heavy atom. The Bertz CT molecular complexity index is 341. The number of aliphatic hydroxyl groups excluding tert-OH is 3. The maximum absolute atomic E-state index is 13.4. The Morgan fingerprint density at radius 3 is 2.56 bits per heavy atom. The molecule has 0 aromatic heterocycles. The van der Waals surface area contributed by atoms with Gasteiger partial charge in [-0.3, -0.25) is 0 Å². The van der Waals surface area contributed by atoms with Crippen molar-refractivity contribution in [2.24, 2.45) is 0 Å². The number of ether oxygens (including phenoxy) is 1. The molecule has 1 aromatic carbocycles. The molecular formula is C11H15FO4. The summed E-state index contributed by atoms with van der Waals surface area (Å²) in [5.41, 5.74) is 0.451. The molecule has 0 saturated carbocycles. The monoisotopic (exact) mass is 230 g/mol. The molecule has 0 amide bonds. The van der Waals surface area contributed by atoms with Gasteiger partial charge in [0.1, 0.15) is 12.7 Å². The van der Waals surface area contributed by atoms with Crippen molar-refractivity contribution in [3.8, 4) is 5.75 Å². The lowest BCUT2D eigenvalue weighted by Gasteiger charge is -2.12. The van der Waals surface area contributed by atoms with E-state index in [-0.39, 0.29) is 12.4 Å². The van der Waals surface area contributed by atoms with Crippen LogP contribution in [0.3, 0.4) is 0 Å². The quantitative estimate of drug-likeness (QED) is 0.693. The lowest BCUT2D eigenvalue weighted by atomic mass is 10.1. The standard InChI is InChI=1S/C11H15FO4/c1-7(14)8-2-3-11(10(12)4-8)16-6-9(15)5-13/h2-4,7,9,13-15H,5-6H2,1H3/t7-,9?/m1/s1. The summed E-state index contributed by atoms with van der Waals surface area (Å²) in [6.45, 7) is 0.916. The van der Waals surface area contributed by atoms with Crippen molar-refractivity contribution in [1.82, 2.24) is 0 Å². The van der Waals surface area contributed by atoms with E-state index >= 15 is 0 Å². The Hall–Kier alpha value is -1.17. The summed E-state index contributed by atoms with van der Waals surface area (Å²) >= 11 is 0. The Labute approximate surface area is 92.9 Å². The number of halogens is 1. The van der Waals surface area contributed by atoms with Gasteiger partial charge in [-0.05, 0) is 24.6 Å². The van der Waals surface area contributed by atoms with E-state index in [0.717, 1.165) is 0 Å². The molecule has 0 aliphatic carbocycles. The van der Waals surface area contributed by atoms with Crippen LogP contribution in [0.2, 0.25) is 0 Å². The summed E-state index contributed by atoms with van der Waals surface area (Å²) in [5, 5.41) is 26.8. The van der Waals surface area contributed by atoms with Crippen LogP contribution in [0.15, 0.2) is 18.2 Å². The third kappa shape index (κ3) is 3.44. The van der Waals surface area contributed by atoms with Gasteiger partial charge in [-0.25, -0.2) is 4.39 Å². The molecule has 0 fully saturated rings. The smallest absolute Gasteiger partial charge is 0.165 e. The van der Waals surface area contributed by atoms with E-state index in [1.165, 1.54) is 25.1 Å². The van der Waals surface area contributed by atoms with Crippen molar-refractivity contribution >= 4 is 0 Å². The van der Waals surface area contributed by atoms with Crippen molar-refractivity contribution in [1.29, 1.82) is 0 Å². The summed E-state index contributed by atoms with van der Waals surface area (Å²) in [6.07, 6.45) is -1.78. The predicted molar refractivity (Wildman–Crippen MR) is 55.6 cm³/mol. The largest absolute Gasteiger partial charge is 0.488 e. The van der Waals surface area contributed by atoms with E-state index in [9.17, 15) is 9.50 Å². The molecule has 0 spiro atoms.